The molecule has 2 bridgehead atoms. The van der Waals surface area contributed by atoms with Gasteiger partial charge in [-0.15, -0.1) is 0 Å². The van der Waals surface area contributed by atoms with Gasteiger partial charge in [-0.05, 0) is 56.6 Å². The fourth-order valence-electron chi connectivity index (χ4n) is 4.64. The summed E-state index contributed by atoms with van der Waals surface area (Å²) < 4.78 is 0. The Hall–Kier alpha value is -0.810. The summed E-state index contributed by atoms with van der Waals surface area (Å²) in [6.45, 7) is 6.41. The molecule has 0 aliphatic carbocycles. The van der Waals surface area contributed by atoms with E-state index in [9.17, 15) is 4.79 Å². The molecule has 136 valence electrons. The van der Waals surface area contributed by atoms with E-state index in [1.807, 2.05) is 12.1 Å². The van der Waals surface area contributed by atoms with Crippen LogP contribution < -0.4 is 0 Å². The molecule has 4 rings (SSSR count). The zero-order valence-corrected chi connectivity index (χ0v) is 16.0. The first-order chi connectivity index (χ1) is 12.1. The molecule has 25 heavy (non-hydrogen) atoms. The van der Waals surface area contributed by atoms with E-state index in [-0.39, 0.29) is 5.91 Å². The fourth-order valence-corrected chi connectivity index (χ4v) is 4.96. The van der Waals surface area contributed by atoms with Gasteiger partial charge in [-0.1, -0.05) is 29.3 Å². The summed E-state index contributed by atoms with van der Waals surface area (Å²) in [6, 6.07) is 6.35. The van der Waals surface area contributed by atoms with Crippen LogP contribution in [0, 0.1) is 0 Å². The third-order valence-electron chi connectivity index (χ3n) is 5.96. The highest BCUT2D eigenvalue weighted by Gasteiger charge is 2.41. The largest absolute Gasteiger partial charge is 0.335 e. The molecule has 0 radical (unpaired) electrons. The first-order valence-electron chi connectivity index (χ1n) is 9.31. The lowest BCUT2D eigenvalue weighted by Crippen LogP contribution is -2.66. The second kappa shape index (κ2) is 7.43. The highest BCUT2D eigenvalue weighted by molar-refractivity contribution is 6.42. The van der Waals surface area contributed by atoms with Crippen molar-refractivity contribution in [1.29, 1.82) is 0 Å². The minimum absolute atomic E-state index is 0.217. The van der Waals surface area contributed by atoms with Gasteiger partial charge in [-0.3, -0.25) is 14.6 Å². The van der Waals surface area contributed by atoms with Gasteiger partial charge in [-0.25, -0.2) is 0 Å². The average molecular weight is 382 g/mol. The Morgan fingerprint density at radius 2 is 1.80 bits per heavy atom. The number of likely N-dealkylation sites (tertiary alicyclic amines) is 1. The van der Waals surface area contributed by atoms with Gasteiger partial charge in [0.25, 0.3) is 0 Å². The second-order valence-corrected chi connectivity index (χ2v) is 8.29. The maximum Gasteiger partial charge on any atom is 0.227 e. The molecule has 0 N–H and O–H groups in total. The number of piperidine rings is 1. The summed E-state index contributed by atoms with van der Waals surface area (Å²) in [4.78, 5) is 20.3. The summed E-state index contributed by atoms with van der Waals surface area (Å²) in [5, 5.41) is 1.05. The second-order valence-electron chi connectivity index (χ2n) is 7.48. The zero-order chi connectivity index (χ0) is 17.4. The smallest absolute Gasteiger partial charge is 0.227 e. The summed E-state index contributed by atoms with van der Waals surface area (Å²) in [5.41, 5.74) is 0.940. The van der Waals surface area contributed by atoms with Gasteiger partial charge in [0.15, 0.2) is 0 Å². The minimum Gasteiger partial charge on any atom is -0.335 e. The molecule has 0 spiro atoms. The molecule has 6 heteroatoms. The number of halogens is 2. The van der Waals surface area contributed by atoms with Crippen molar-refractivity contribution in [3.8, 4) is 0 Å². The third kappa shape index (κ3) is 3.68. The number of nitrogens with zero attached hydrogens (tertiary/aromatic N) is 3. The fraction of sp³-hybridized carbons (Fsp3) is 0.632. The van der Waals surface area contributed by atoms with Crippen LogP contribution in [0.15, 0.2) is 18.2 Å². The number of piperazine rings is 1. The van der Waals surface area contributed by atoms with Gasteiger partial charge in [0.2, 0.25) is 5.91 Å². The van der Waals surface area contributed by atoms with E-state index in [1.54, 1.807) is 6.07 Å². The van der Waals surface area contributed by atoms with Crippen LogP contribution in [0.2, 0.25) is 10.0 Å². The summed E-state index contributed by atoms with van der Waals surface area (Å²) in [5.74, 6) is 0.217. The molecule has 3 heterocycles. The number of amides is 1. The van der Waals surface area contributed by atoms with Crippen molar-refractivity contribution >= 4 is 29.1 Å². The highest BCUT2D eigenvalue weighted by Crippen LogP contribution is 2.28. The van der Waals surface area contributed by atoms with E-state index in [2.05, 4.69) is 14.7 Å². The van der Waals surface area contributed by atoms with E-state index in [0.717, 1.165) is 25.2 Å². The lowest BCUT2D eigenvalue weighted by molar-refractivity contribution is -0.139. The first kappa shape index (κ1) is 17.6. The number of fused-ring (bicyclic) bond motifs is 2. The topological polar surface area (TPSA) is 26.8 Å². The molecular formula is C19H25Cl2N3O. The zero-order valence-electron chi connectivity index (χ0n) is 14.5. The van der Waals surface area contributed by atoms with Crippen molar-refractivity contribution in [2.75, 3.05) is 39.3 Å². The molecule has 1 amide bonds. The van der Waals surface area contributed by atoms with Crippen LogP contribution in [-0.4, -0.2) is 72.0 Å². The quantitative estimate of drug-likeness (QED) is 0.805. The van der Waals surface area contributed by atoms with Gasteiger partial charge in [-0.2, -0.15) is 0 Å². The van der Waals surface area contributed by atoms with E-state index >= 15 is 0 Å². The van der Waals surface area contributed by atoms with Crippen molar-refractivity contribution in [2.45, 2.75) is 37.8 Å². The molecule has 2 unspecified atom stereocenters. The molecule has 3 aliphatic heterocycles. The number of rotatable bonds is 3. The number of benzene rings is 1. The van der Waals surface area contributed by atoms with E-state index in [4.69, 9.17) is 23.2 Å². The van der Waals surface area contributed by atoms with Crippen LogP contribution in [0.3, 0.4) is 0 Å². The normalized spacial score (nSPS) is 29.8. The Bertz CT molecular complexity index is 648. The van der Waals surface area contributed by atoms with Gasteiger partial charge in [0.05, 0.1) is 22.5 Å². The van der Waals surface area contributed by atoms with Gasteiger partial charge < -0.3 is 4.90 Å². The van der Waals surface area contributed by atoms with Crippen molar-refractivity contribution in [3.63, 3.8) is 0 Å². The average Bonchev–Trinajstić information content (AvgIpc) is 3.13. The van der Waals surface area contributed by atoms with E-state index in [1.165, 1.54) is 38.9 Å². The van der Waals surface area contributed by atoms with Crippen LogP contribution in [-0.2, 0) is 11.2 Å². The molecule has 3 aliphatic rings. The molecule has 4 nitrogen and oxygen atoms in total. The Balaban J connectivity index is 1.49. The Morgan fingerprint density at radius 1 is 1.00 bits per heavy atom. The molecule has 3 atom stereocenters. The van der Waals surface area contributed by atoms with Gasteiger partial charge >= 0.3 is 0 Å². The van der Waals surface area contributed by atoms with Crippen molar-refractivity contribution in [3.05, 3.63) is 33.8 Å². The lowest BCUT2D eigenvalue weighted by atomic mass is 9.93. The minimum atomic E-state index is 0.217. The van der Waals surface area contributed by atoms with Crippen LogP contribution in [0.1, 0.15) is 24.8 Å². The van der Waals surface area contributed by atoms with Crippen LogP contribution in [0.5, 0.6) is 0 Å². The Morgan fingerprint density at radius 3 is 2.56 bits per heavy atom. The summed E-state index contributed by atoms with van der Waals surface area (Å²) in [7, 11) is 0. The number of hydrogen-bond donors (Lipinski definition) is 0. The summed E-state index contributed by atoms with van der Waals surface area (Å²) >= 11 is 12.1. The van der Waals surface area contributed by atoms with Gasteiger partial charge in [0, 0.05) is 25.7 Å². The standard InChI is InChI=1S/C19H25Cl2N3O/c20-15-4-3-14(11-16(15)21)12-19(25)24-10-9-22-8-5-17(18(24)13-22)23-6-1-2-7-23/h3-4,11,17-18H,1-2,5-10,12-13H2/t17-,18?/m0/s1. The predicted molar refractivity (Wildman–Crippen MR) is 101 cm³/mol. The van der Waals surface area contributed by atoms with Gasteiger partial charge in [0.1, 0.15) is 0 Å². The molecular weight excluding hydrogens is 357 g/mol. The van der Waals surface area contributed by atoms with Crippen LogP contribution in [0.25, 0.3) is 0 Å². The van der Waals surface area contributed by atoms with Crippen molar-refractivity contribution in [1.82, 2.24) is 14.7 Å². The lowest BCUT2D eigenvalue weighted by Gasteiger charge is -2.51. The molecule has 3 fully saturated rings. The maximum absolute atomic E-state index is 13.0. The Labute approximate surface area is 159 Å². The third-order valence-corrected chi connectivity index (χ3v) is 6.70. The number of carbonyl (C=O) groups excluding carboxylic acids is 1. The molecule has 0 aromatic heterocycles. The molecule has 1 aromatic rings. The van der Waals surface area contributed by atoms with Crippen molar-refractivity contribution in [2.24, 2.45) is 0 Å². The molecule has 3 saturated heterocycles. The van der Waals surface area contributed by atoms with Crippen molar-refractivity contribution < 1.29 is 4.79 Å². The van der Waals surface area contributed by atoms with E-state index < -0.39 is 0 Å². The summed E-state index contributed by atoms with van der Waals surface area (Å²) in [6.07, 6.45) is 4.18. The Kier molecular flexibility index (Phi) is 5.23. The monoisotopic (exact) mass is 381 g/mol. The highest BCUT2D eigenvalue weighted by atomic mass is 35.5. The van der Waals surface area contributed by atoms with Crippen LogP contribution in [0.4, 0.5) is 0 Å². The van der Waals surface area contributed by atoms with E-state index in [0.29, 0.717) is 28.5 Å². The SMILES string of the molecule is O=C(Cc1ccc(Cl)c(Cl)c1)N1CCN2CC[C@H](N3CCCC3)C1C2. The maximum atomic E-state index is 13.0. The predicted octanol–water partition coefficient (Wildman–Crippen LogP) is 2.92. The number of hydrogen-bond acceptors (Lipinski definition) is 3. The molecule has 0 saturated carbocycles. The van der Waals surface area contributed by atoms with Crippen LogP contribution >= 0.6 is 23.2 Å². The number of carbonyl (C=O) groups is 1. The first-order valence-corrected chi connectivity index (χ1v) is 10.1. The molecule has 1 aromatic carbocycles.